The van der Waals surface area contributed by atoms with E-state index < -0.39 is 0 Å². The Morgan fingerprint density at radius 3 is 2.79 bits per heavy atom. The summed E-state index contributed by atoms with van der Waals surface area (Å²) < 4.78 is 1.80. The summed E-state index contributed by atoms with van der Waals surface area (Å²) >= 11 is 6.86. The fraction of sp³-hybridized carbons (Fsp3) is 0.591. The molecule has 2 aromatic rings. The van der Waals surface area contributed by atoms with Crippen molar-refractivity contribution in [1.82, 2.24) is 14.5 Å². The number of halogens is 1. The average molecular weight is 403 g/mol. The Hall–Kier alpha value is -1.72. The summed E-state index contributed by atoms with van der Waals surface area (Å²) in [4.78, 5) is 17.1. The SMILES string of the molecule is CCCN1CCC[C@@H]2c3cccc4c3c(c(Cl)n4NC(=O)N(CC)CC)C[C@H]21. The molecule has 2 atom stereocenters. The number of carbonyl (C=O) groups is 1. The van der Waals surface area contributed by atoms with Crippen LogP contribution in [0.15, 0.2) is 18.2 Å². The van der Waals surface area contributed by atoms with Gasteiger partial charge in [0.2, 0.25) is 0 Å². The van der Waals surface area contributed by atoms with Gasteiger partial charge in [0, 0.05) is 36.0 Å². The molecule has 1 aromatic carbocycles. The first-order valence-electron chi connectivity index (χ1n) is 10.7. The Morgan fingerprint density at radius 1 is 1.29 bits per heavy atom. The summed E-state index contributed by atoms with van der Waals surface area (Å²) in [5.41, 5.74) is 6.65. The number of urea groups is 1. The van der Waals surface area contributed by atoms with Gasteiger partial charge in [-0.1, -0.05) is 30.7 Å². The van der Waals surface area contributed by atoms with Crippen molar-refractivity contribution in [2.75, 3.05) is 31.6 Å². The highest BCUT2D eigenvalue weighted by Crippen LogP contribution is 2.46. The van der Waals surface area contributed by atoms with Gasteiger partial charge in [0.25, 0.3) is 0 Å². The second kappa shape index (κ2) is 7.96. The Kier molecular flexibility index (Phi) is 5.57. The van der Waals surface area contributed by atoms with Crippen molar-refractivity contribution in [3.05, 3.63) is 34.5 Å². The Balaban J connectivity index is 1.77. The van der Waals surface area contributed by atoms with Crippen LogP contribution in [-0.2, 0) is 6.42 Å². The second-order valence-corrected chi connectivity index (χ2v) is 8.35. The molecule has 1 fully saturated rings. The molecule has 0 unspecified atom stereocenters. The van der Waals surface area contributed by atoms with Crippen LogP contribution in [-0.4, -0.2) is 52.7 Å². The number of benzene rings is 1. The molecule has 1 aliphatic carbocycles. The van der Waals surface area contributed by atoms with E-state index in [1.165, 1.54) is 42.3 Å². The molecule has 0 spiro atoms. The zero-order chi connectivity index (χ0) is 19.8. The molecule has 152 valence electrons. The summed E-state index contributed by atoms with van der Waals surface area (Å²) in [6.07, 6.45) is 4.62. The van der Waals surface area contributed by atoms with Crippen LogP contribution < -0.4 is 5.43 Å². The predicted molar refractivity (Wildman–Crippen MR) is 116 cm³/mol. The fourth-order valence-electron chi connectivity index (χ4n) is 5.23. The topological polar surface area (TPSA) is 40.5 Å². The highest BCUT2D eigenvalue weighted by molar-refractivity contribution is 6.32. The molecule has 4 rings (SSSR count). The lowest BCUT2D eigenvalue weighted by Crippen LogP contribution is -2.47. The first-order valence-corrected chi connectivity index (χ1v) is 11.1. The molecule has 2 amide bonds. The number of rotatable bonds is 5. The molecule has 0 bridgehead atoms. The number of fused-ring (bicyclic) bond motifs is 2. The standard InChI is InChI=1S/C22H31ClN4O/c1-4-12-26-13-8-10-15-16-9-7-11-18-20(16)17(14-19(15)26)21(23)27(18)24-22(28)25(5-2)6-3/h7,9,11,15,19H,4-6,8,10,12-14H2,1-3H3,(H,24,28)/t15-,19-/m1/s1. The van der Waals surface area contributed by atoms with Crippen LogP contribution in [0, 0.1) is 0 Å². The quantitative estimate of drug-likeness (QED) is 0.779. The monoisotopic (exact) mass is 402 g/mol. The minimum Gasteiger partial charge on any atom is -0.324 e. The van der Waals surface area contributed by atoms with Crippen LogP contribution in [0.1, 0.15) is 57.1 Å². The molecule has 1 aliphatic heterocycles. The van der Waals surface area contributed by atoms with Gasteiger partial charge in [-0.15, -0.1) is 0 Å². The van der Waals surface area contributed by atoms with E-state index in [1.807, 2.05) is 13.8 Å². The van der Waals surface area contributed by atoms with E-state index in [0.29, 0.717) is 30.2 Å². The molecule has 28 heavy (non-hydrogen) atoms. The number of nitrogens with zero attached hydrogens (tertiary/aromatic N) is 3. The molecule has 0 radical (unpaired) electrons. The smallest absolute Gasteiger partial charge is 0.324 e. The molecular formula is C22H31ClN4O. The first kappa shape index (κ1) is 19.6. The molecule has 6 heteroatoms. The summed E-state index contributed by atoms with van der Waals surface area (Å²) in [7, 11) is 0. The Labute approximate surface area is 172 Å². The van der Waals surface area contributed by atoms with Gasteiger partial charge >= 0.3 is 6.03 Å². The predicted octanol–water partition coefficient (Wildman–Crippen LogP) is 4.81. The number of nitrogens with one attached hydrogen (secondary N) is 1. The van der Waals surface area contributed by atoms with Crippen LogP contribution in [0.5, 0.6) is 0 Å². The van der Waals surface area contributed by atoms with Gasteiger partial charge in [0.05, 0.1) is 5.52 Å². The largest absolute Gasteiger partial charge is 0.336 e. The maximum absolute atomic E-state index is 12.7. The maximum Gasteiger partial charge on any atom is 0.336 e. The number of likely N-dealkylation sites (tertiary alicyclic amines) is 1. The van der Waals surface area contributed by atoms with Gasteiger partial charge in [0.15, 0.2) is 0 Å². The molecule has 5 nitrogen and oxygen atoms in total. The fourth-order valence-corrected chi connectivity index (χ4v) is 5.54. The van der Waals surface area contributed by atoms with Crippen molar-refractivity contribution in [2.45, 2.75) is 58.4 Å². The van der Waals surface area contributed by atoms with Gasteiger partial charge in [-0.3, -0.25) is 4.90 Å². The zero-order valence-corrected chi connectivity index (χ0v) is 17.9. The third-order valence-electron chi connectivity index (χ3n) is 6.54. The molecule has 2 aliphatic rings. The minimum atomic E-state index is -0.106. The second-order valence-electron chi connectivity index (χ2n) is 7.99. The van der Waals surface area contributed by atoms with Crippen molar-refractivity contribution < 1.29 is 4.79 Å². The van der Waals surface area contributed by atoms with Gasteiger partial charge in [-0.2, -0.15) is 0 Å². The minimum absolute atomic E-state index is 0.106. The normalized spacial score (nSPS) is 21.6. The van der Waals surface area contributed by atoms with E-state index in [9.17, 15) is 4.79 Å². The molecule has 1 aromatic heterocycles. The summed E-state index contributed by atoms with van der Waals surface area (Å²) in [5, 5.41) is 1.91. The zero-order valence-electron chi connectivity index (χ0n) is 17.2. The van der Waals surface area contributed by atoms with Gasteiger partial charge in [0.1, 0.15) is 5.15 Å². The highest BCUT2D eigenvalue weighted by atomic mass is 35.5. The molecule has 0 saturated carbocycles. The van der Waals surface area contributed by atoms with Crippen molar-refractivity contribution in [3.8, 4) is 0 Å². The molecule has 2 heterocycles. The van der Waals surface area contributed by atoms with Crippen LogP contribution in [0.25, 0.3) is 10.9 Å². The molecular weight excluding hydrogens is 372 g/mol. The van der Waals surface area contributed by atoms with E-state index in [4.69, 9.17) is 11.6 Å². The third-order valence-corrected chi connectivity index (χ3v) is 6.94. The van der Waals surface area contributed by atoms with Gasteiger partial charge in [-0.05, 0) is 64.3 Å². The van der Waals surface area contributed by atoms with Crippen LogP contribution in [0.4, 0.5) is 4.79 Å². The molecule has 1 saturated heterocycles. The van der Waals surface area contributed by atoms with Crippen molar-refractivity contribution in [2.24, 2.45) is 0 Å². The molecule has 1 N–H and O–H groups in total. The Morgan fingerprint density at radius 2 is 2.07 bits per heavy atom. The van der Waals surface area contributed by atoms with Crippen molar-refractivity contribution >= 4 is 28.5 Å². The third kappa shape index (κ3) is 3.09. The van der Waals surface area contributed by atoms with E-state index in [2.05, 4.69) is 35.4 Å². The Bertz CT molecular complexity index is 871. The lowest BCUT2D eigenvalue weighted by atomic mass is 9.75. The van der Waals surface area contributed by atoms with E-state index in [0.717, 1.165) is 18.5 Å². The number of hydrogen-bond donors (Lipinski definition) is 1. The lowest BCUT2D eigenvalue weighted by molar-refractivity contribution is 0.124. The van der Waals surface area contributed by atoms with Gasteiger partial charge in [-0.25, -0.2) is 14.9 Å². The number of carbonyl (C=O) groups excluding carboxylic acids is 1. The van der Waals surface area contributed by atoms with Gasteiger partial charge < -0.3 is 4.90 Å². The van der Waals surface area contributed by atoms with E-state index in [1.54, 1.807) is 9.58 Å². The highest BCUT2D eigenvalue weighted by Gasteiger charge is 2.39. The average Bonchev–Trinajstić information content (AvgIpc) is 2.97. The lowest BCUT2D eigenvalue weighted by Gasteiger charge is -2.44. The van der Waals surface area contributed by atoms with E-state index >= 15 is 0 Å². The van der Waals surface area contributed by atoms with Crippen molar-refractivity contribution in [3.63, 3.8) is 0 Å². The maximum atomic E-state index is 12.7. The van der Waals surface area contributed by atoms with Crippen LogP contribution in [0.3, 0.4) is 0 Å². The summed E-state index contributed by atoms with van der Waals surface area (Å²) in [5.74, 6) is 0.557. The first-order chi connectivity index (χ1) is 13.6. The number of hydrogen-bond acceptors (Lipinski definition) is 2. The summed E-state index contributed by atoms with van der Waals surface area (Å²) in [6, 6.07) is 6.86. The number of aromatic nitrogens is 1. The van der Waals surface area contributed by atoms with Crippen molar-refractivity contribution in [1.29, 1.82) is 0 Å². The number of piperidine rings is 1. The van der Waals surface area contributed by atoms with Crippen LogP contribution >= 0.6 is 11.6 Å². The number of amides is 2. The summed E-state index contributed by atoms with van der Waals surface area (Å²) in [6.45, 7) is 9.90. The van der Waals surface area contributed by atoms with E-state index in [-0.39, 0.29) is 6.03 Å². The van der Waals surface area contributed by atoms with Crippen LogP contribution in [0.2, 0.25) is 5.15 Å².